The molecule has 6 heteroatoms. The number of hydrogen-bond acceptors (Lipinski definition) is 4. The van der Waals surface area contributed by atoms with Gasteiger partial charge in [-0.2, -0.15) is 0 Å². The molecule has 136 valence electrons. The molecule has 0 spiro atoms. The van der Waals surface area contributed by atoms with Crippen molar-refractivity contribution in [2.45, 2.75) is 45.3 Å². The number of amides is 2. The average molecular weight is 346 g/mol. The number of benzene rings is 1. The van der Waals surface area contributed by atoms with E-state index in [1.165, 1.54) is 0 Å². The monoisotopic (exact) mass is 346 g/mol. The number of fused-ring (bicyclic) bond motifs is 1. The van der Waals surface area contributed by atoms with Gasteiger partial charge in [0.2, 0.25) is 5.91 Å². The smallest absolute Gasteiger partial charge is 0.410 e. The van der Waals surface area contributed by atoms with E-state index < -0.39 is 17.6 Å². The molecule has 0 bridgehead atoms. The van der Waals surface area contributed by atoms with Crippen molar-refractivity contribution in [1.82, 2.24) is 4.90 Å². The van der Waals surface area contributed by atoms with Crippen LogP contribution in [0, 0.1) is 11.8 Å². The Hall–Kier alpha value is -2.08. The zero-order valence-corrected chi connectivity index (χ0v) is 15.0. The number of piperidine rings is 1. The van der Waals surface area contributed by atoms with Crippen LogP contribution in [0.25, 0.3) is 0 Å². The van der Waals surface area contributed by atoms with Crippen molar-refractivity contribution in [1.29, 1.82) is 0 Å². The number of aliphatic hydroxyl groups excluding tert-OH is 1. The maximum atomic E-state index is 12.5. The molecular weight excluding hydrogens is 320 g/mol. The number of anilines is 1. The number of nitrogens with one attached hydrogen (secondary N) is 1. The van der Waals surface area contributed by atoms with Gasteiger partial charge >= 0.3 is 6.09 Å². The van der Waals surface area contributed by atoms with Crippen LogP contribution in [0.2, 0.25) is 0 Å². The second kappa shape index (κ2) is 6.67. The number of nitrogens with zero attached hydrogens (tertiary/aromatic N) is 1. The largest absolute Gasteiger partial charge is 0.444 e. The second-order valence-corrected chi connectivity index (χ2v) is 7.85. The standard InChI is InChI=1S/C19H26N2O4/c1-19(2,3)25-18(24)21-10-8-12(9-11-21)15-16(22)13-6-4-5-7-14(13)20-17(15)23/h4-7,12,15-16,22H,8-11H2,1-3H3,(H,20,23)/t15-,16+/m1/s1. The summed E-state index contributed by atoms with van der Waals surface area (Å²) in [4.78, 5) is 26.3. The molecule has 2 aliphatic heterocycles. The Labute approximate surface area is 148 Å². The molecule has 2 amide bonds. The molecule has 1 aromatic rings. The van der Waals surface area contributed by atoms with Gasteiger partial charge in [0.1, 0.15) is 5.60 Å². The summed E-state index contributed by atoms with van der Waals surface area (Å²) in [5.41, 5.74) is 0.931. The summed E-state index contributed by atoms with van der Waals surface area (Å²) in [7, 11) is 0. The zero-order chi connectivity index (χ0) is 18.2. The van der Waals surface area contributed by atoms with Crippen molar-refractivity contribution < 1.29 is 19.4 Å². The van der Waals surface area contributed by atoms with Crippen molar-refractivity contribution in [3.8, 4) is 0 Å². The first kappa shape index (κ1) is 17.7. The topological polar surface area (TPSA) is 78.9 Å². The normalized spacial score (nSPS) is 24.5. The molecule has 0 saturated carbocycles. The quantitative estimate of drug-likeness (QED) is 0.819. The van der Waals surface area contributed by atoms with Gasteiger partial charge in [0.25, 0.3) is 0 Å². The molecule has 0 radical (unpaired) electrons. The first-order chi connectivity index (χ1) is 11.8. The highest BCUT2D eigenvalue weighted by molar-refractivity contribution is 5.96. The number of carbonyl (C=O) groups is 2. The zero-order valence-electron chi connectivity index (χ0n) is 15.0. The van der Waals surface area contributed by atoms with Crippen LogP contribution in [0.1, 0.15) is 45.3 Å². The van der Waals surface area contributed by atoms with Gasteiger partial charge in [0.05, 0.1) is 12.0 Å². The maximum absolute atomic E-state index is 12.5. The molecule has 2 atom stereocenters. The number of hydrogen-bond donors (Lipinski definition) is 2. The van der Waals surface area contributed by atoms with Crippen molar-refractivity contribution in [2.24, 2.45) is 11.8 Å². The third-order valence-corrected chi connectivity index (χ3v) is 4.88. The molecule has 2 N–H and O–H groups in total. The van der Waals surface area contributed by atoms with Crippen LogP contribution in [0.4, 0.5) is 10.5 Å². The summed E-state index contributed by atoms with van der Waals surface area (Å²) in [6, 6.07) is 7.35. The summed E-state index contributed by atoms with van der Waals surface area (Å²) in [5.74, 6) is -0.570. The highest BCUT2D eigenvalue weighted by Crippen LogP contribution is 2.41. The SMILES string of the molecule is CC(C)(C)OC(=O)N1CCC([C@H]2C(=O)Nc3ccccc3[C@@H]2O)CC1. The van der Waals surface area contributed by atoms with Gasteiger partial charge < -0.3 is 20.1 Å². The van der Waals surface area contributed by atoms with Gasteiger partial charge in [-0.25, -0.2) is 4.79 Å². The van der Waals surface area contributed by atoms with Crippen molar-refractivity contribution >= 4 is 17.7 Å². The molecule has 1 fully saturated rings. The maximum Gasteiger partial charge on any atom is 0.410 e. The summed E-state index contributed by atoms with van der Waals surface area (Å²) in [5, 5.41) is 13.6. The van der Waals surface area contributed by atoms with Gasteiger partial charge in [0, 0.05) is 24.3 Å². The van der Waals surface area contributed by atoms with E-state index in [4.69, 9.17) is 4.74 Å². The van der Waals surface area contributed by atoms with E-state index in [1.807, 2.05) is 39.0 Å². The predicted octanol–water partition coefficient (Wildman–Crippen LogP) is 2.94. The minimum Gasteiger partial charge on any atom is -0.444 e. The molecule has 1 aromatic carbocycles. The van der Waals surface area contributed by atoms with Crippen LogP contribution in [0.3, 0.4) is 0 Å². The first-order valence-electron chi connectivity index (χ1n) is 8.82. The Balaban J connectivity index is 1.65. The van der Waals surface area contributed by atoms with Gasteiger partial charge in [0.15, 0.2) is 0 Å². The molecule has 3 rings (SSSR count). The summed E-state index contributed by atoms with van der Waals surface area (Å²) in [6.07, 6.45) is 0.237. The minimum absolute atomic E-state index is 0.0436. The Morgan fingerprint density at radius 2 is 1.88 bits per heavy atom. The number of ether oxygens (including phenoxy) is 1. The number of para-hydroxylation sites is 1. The fourth-order valence-corrected chi connectivity index (χ4v) is 3.66. The second-order valence-electron chi connectivity index (χ2n) is 7.85. The van der Waals surface area contributed by atoms with E-state index in [2.05, 4.69) is 5.32 Å². The molecule has 25 heavy (non-hydrogen) atoms. The number of likely N-dealkylation sites (tertiary alicyclic amines) is 1. The molecule has 0 aliphatic carbocycles. The first-order valence-corrected chi connectivity index (χ1v) is 8.82. The summed E-state index contributed by atoms with van der Waals surface area (Å²) in [6.45, 7) is 6.61. The Morgan fingerprint density at radius 3 is 2.52 bits per heavy atom. The lowest BCUT2D eigenvalue weighted by atomic mass is 9.76. The molecule has 2 heterocycles. The van der Waals surface area contributed by atoms with Crippen molar-refractivity contribution in [3.63, 3.8) is 0 Å². The van der Waals surface area contributed by atoms with E-state index in [0.717, 1.165) is 5.56 Å². The van der Waals surface area contributed by atoms with E-state index in [9.17, 15) is 14.7 Å². The van der Waals surface area contributed by atoms with E-state index in [1.54, 1.807) is 11.0 Å². The third kappa shape index (κ3) is 3.79. The molecule has 0 aromatic heterocycles. The fourth-order valence-electron chi connectivity index (χ4n) is 3.66. The lowest BCUT2D eigenvalue weighted by molar-refractivity contribution is -0.127. The lowest BCUT2D eigenvalue weighted by Gasteiger charge is -2.39. The van der Waals surface area contributed by atoms with Crippen LogP contribution in [0.5, 0.6) is 0 Å². The van der Waals surface area contributed by atoms with Gasteiger partial charge in [-0.3, -0.25) is 4.79 Å². The fraction of sp³-hybridized carbons (Fsp3) is 0.579. The van der Waals surface area contributed by atoms with Crippen LogP contribution in [0.15, 0.2) is 24.3 Å². The third-order valence-electron chi connectivity index (χ3n) is 4.88. The molecule has 2 aliphatic rings. The van der Waals surface area contributed by atoms with Gasteiger partial charge in [-0.1, -0.05) is 18.2 Å². The molecule has 0 unspecified atom stereocenters. The van der Waals surface area contributed by atoms with Crippen molar-refractivity contribution in [2.75, 3.05) is 18.4 Å². The number of aliphatic hydroxyl groups is 1. The van der Waals surface area contributed by atoms with E-state index >= 15 is 0 Å². The Morgan fingerprint density at radius 1 is 1.24 bits per heavy atom. The number of rotatable bonds is 1. The summed E-state index contributed by atoms with van der Waals surface area (Å²) >= 11 is 0. The van der Waals surface area contributed by atoms with Gasteiger partial charge in [-0.05, 0) is 45.6 Å². The Bertz CT molecular complexity index is 660. The van der Waals surface area contributed by atoms with E-state index in [0.29, 0.717) is 31.6 Å². The lowest BCUT2D eigenvalue weighted by Crippen LogP contribution is -2.46. The predicted molar refractivity (Wildman–Crippen MR) is 94.1 cm³/mol. The van der Waals surface area contributed by atoms with Crippen LogP contribution in [-0.2, 0) is 9.53 Å². The molecule has 1 saturated heterocycles. The van der Waals surface area contributed by atoms with Crippen molar-refractivity contribution in [3.05, 3.63) is 29.8 Å². The number of carbonyl (C=O) groups excluding carboxylic acids is 2. The van der Waals surface area contributed by atoms with Crippen LogP contribution < -0.4 is 5.32 Å². The minimum atomic E-state index is -0.803. The highest BCUT2D eigenvalue weighted by Gasteiger charge is 2.41. The Kier molecular flexibility index (Phi) is 4.73. The molecular formula is C19H26N2O4. The average Bonchev–Trinajstić information content (AvgIpc) is 2.54. The highest BCUT2D eigenvalue weighted by atomic mass is 16.6. The van der Waals surface area contributed by atoms with E-state index in [-0.39, 0.29) is 17.9 Å². The summed E-state index contributed by atoms with van der Waals surface area (Å²) < 4.78 is 5.40. The van der Waals surface area contributed by atoms with Crippen LogP contribution in [-0.4, -0.2) is 40.7 Å². The molecule has 6 nitrogen and oxygen atoms in total. The van der Waals surface area contributed by atoms with Gasteiger partial charge in [-0.15, -0.1) is 0 Å². The van der Waals surface area contributed by atoms with Crippen LogP contribution >= 0.6 is 0 Å².